The molecule has 2 saturated heterocycles. The van der Waals surface area contributed by atoms with E-state index in [1.54, 1.807) is 6.08 Å². The monoisotopic (exact) mass is 266 g/mol. The Morgan fingerprint density at radius 2 is 2.26 bits per heavy atom. The molecular formula is C15H22O4. The van der Waals surface area contributed by atoms with Gasteiger partial charge in [-0.25, -0.2) is 0 Å². The van der Waals surface area contributed by atoms with Gasteiger partial charge in [0.1, 0.15) is 0 Å². The maximum absolute atomic E-state index is 12.1. The van der Waals surface area contributed by atoms with E-state index >= 15 is 0 Å². The number of fused-ring (bicyclic) bond motifs is 1. The zero-order chi connectivity index (χ0) is 13.5. The molecule has 3 aliphatic rings. The Kier molecular flexibility index (Phi) is 3.50. The lowest BCUT2D eigenvalue weighted by Gasteiger charge is -2.25. The van der Waals surface area contributed by atoms with Gasteiger partial charge in [0.25, 0.3) is 0 Å². The molecule has 4 heteroatoms. The van der Waals surface area contributed by atoms with Crippen LogP contribution in [0.25, 0.3) is 0 Å². The third-order valence-corrected chi connectivity index (χ3v) is 4.47. The molecule has 0 aromatic heterocycles. The molecule has 106 valence electrons. The fourth-order valence-corrected chi connectivity index (χ4v) is 3.24. The van der Waals surface area contributed by atoms with Gasteiger partial charge < -0.3 is 14.2 Å². The summed E-state index contributed by atoms with van der Waals surface area (Å²) in [5, 5.41) is 0. The van der Waals surface area contributed by atoms with Crippen molar-refractivity contribution in [1.29, 1.82) is 0 Å². The lowest BCUT2D eigenvalue weighted by molar-refractivity contribution is -0.172. The highest BCUT2D eigenvalue weighted by Gasteiger charge is 2.48. The Morgan fingerprint density at radius 3 is 3.00 bits per heavy atom. The molecule has 19 heavy (non-hydrogen) atoms. The quantitative estimate of drug-likeness (QED) is 0.784. The molecule has 4 nitrogen and oxygen atoms in total. The van der Waals surface area contributed by atoms with Crippen LogP contribution in [0.4, 0.5) is 0 Å². The van der Waals surface area contributed by atoms with Crippen LogP contribution in [0, 0.1) is 11.8 Å². The Morgan fingerprint density at radius 1 is 1.42 bits per heavy atom. The van der Waals surface area contributed by atoms with E-state index in [1.807, 2.05) is 13.8 Å². The van der Waals surface area contributed by atoms with Gasteiger partial charge in [0.2, 0.25) is 0 Å². The van der Waals surface area contributed by atoms with Gasteiger partial charge in [-0.2, -0.15) is 0 Å². The van der Waals surface area contributed by atoms with Gasteiger partial charge >= 0.3 is 0 Å². The highest BCUT2D eigenvalue weighted by Crippen LogP contribution is 2.44. The molecule has 0 bridgehead atoms. The Balaban J connectivity index is 1.59. The zero-order valence-electron chi connectivity index (χ0n) is 11.7. The number of allylic oxidation sites excluding steroid dienone is 1. The van der Waals surface area contributed by atoms with Crippen LogP contribution in [0.2, 0.25) is 0 Å². The van der Waals surface area contributed by atoms with Crippen molar-refractivity contribution in [2.24, 2.45) is 11.8 Å². The summed E-state index contributed by atoms with van der Waals surface area (Å²) in [5.74, 6) is 0.306. The first-order chi connectivity index (χ1) is 9.08. The lowest BCUT2D eigenvalue weighted by atomic mass is 9.87. The Hall–Kier alpha value is -0.710. The van der Waals surface area contributed by atoms with Crippen LogP contribution in [-0.2, 0) is 19.0 Å². The molecule has 0 amide bonds. The smallest absolute Gasteiger partial charge is 0.161 e. The van der Waals surface area contributed by atoms with Crippen LogP contribution < -0.4 is 0 Å². The van der Waals surface area contributed by atoms with E-state index in [9.17, 15) is 4.79 Å². The summed E-state index contributed by atoms with van der Waals surface area (Å²) in [6.07, 6.45) is 4.84. The summed E-state index contributed by atoms with van der Waals surface area (Å²) in [7, 11) is 0. The lowest BCUT2D eigenvalue weighted by Crippen LogP contribution is -2.29. The second-order valence-corrected chi connectivity index (χ2v) is 6.17. The van der Waals surface area contributed by atoms with E-state index in [0.29, 0.717) is 13.2 Å². The Bertz CT molecular complexity index is 393. The first-order valence-electron chi connectivity index (χ1n) is 7.21. The summed E-state index contributed by atoms with van der Waals surface area (Å²) in [6.45, 7) is 5.91. The minimum atomic E-state index is -0.295. The third kappa shape index (κ3) is 2.49. The molecule has 1 unspecified atom stereocenters. The molecule has 3 atom stereocenters. The number of rotatable bonds is 3. The molecule has 0 aromatic carbocycles. The van der Waals surface area contributed by atoms with Gasteiger partial charge in [-0.15, -0.1) is 0 Å². The average Bonchev–Trinajstić information content (AvgIpc) is 2.86. The molecule has 0 aromatic rings. The highest BCUT2D eigenvalue weighted by molar-refractivity contribution is 5.96. The maximum atomic E-state index is 12.1. The molecular weight excluding hydrogens is 244 g/mol. The Labute approximate surface area is 114 Å². The first kappa shape index (κ1) is 13.3. The van der Waals surface area contributed by atoms with E-state index in [2.05, 4.69) is 0 Å². The number of hydrogen-bond acceptors (Lipinski definition) is 4. The topological polar surface area (TPSA) is 44.8 Å². The summed E-state index contributed by atoms with van der Waals surface area (Å²) in [4.78, 5) is 12.1. The summed E-state index contributed by atoms with van der Waals surface area (Å²) < 4.78 is 17.1. The number of carbonyl (C=O) groups excluding carboxylic acids is 1. The van der Waals surface area contributed by atoms with Crippen LogP contribution in [0.3, 0.4) is 0 Å². The van der Waals surface area contributed by atoms with Crippen LogP contribution in [-0.4, -0.2) is 37.5 Å². The predicted octanol–water partition coefficient (Wildman–Crippen LogP) is 2.08. The van der Waals surface area contributed by atoms with Gasteiger partial charge in [0.05, 0.1) is 24.7 Å². The second-order valence-electron chi connectivity index (χ2n) is 6.17. The van der Waals surface area contributed by atoms with Gasteiger partial charge in [-0.1, -0.05) is 0 Å². The maximum Gasteiger partial charge on any atom is 0.161 e. The van der Waals surface area contributed by atoms with Crippen LogP contribution in [0.1, 0.15) is 33.1 Å². The molecule has 0 radical (unpaired) electrons. The van der Waals surface area contributed by atoms with E-state index in [1.165, 1.54) is 0 Å². The van der Waals surface area contributed by atoms with E-state index in [4.69, 9.17) is 14.2 Å². The number of hydrogen-bond donors (Lipinski definition) is 0. The molecule has 0 N–H and O–H groups in total. The fourth-order valence-electron chi connectivity index (χ4n) is 3.24. The van der Waals surface area contributed by atoms with Crippen molar-refractivity contribution in [2.45, 2.75) is 45.0 Å². The third-order valence-electron chi connectivity index (χ3n) is 4.47. The highest BCUT2D eigenvalue weighted by atomic mass is 16.7. The summed E-state index contributed by atoms with van der Waals surface area (Å²) in [5.41, 5.74) is 0.840. The minimum Gasteiger partial charge on any atom is -0.371 e. The number of carbonyl (C=O) groups is 1. The molecule has 2 aliphatic heterocycles. The van der Waals surface area contributed by atoms with Crippen LogP contribution in [0.5, 0.6) is 0 Å². The zero-order valence-corrected chi connectivity index (χ0v) is 11.7. The standard InChI is InChI=1S/C15H22O4/c1-15(2)12-7-13(16)11(10(12)9-19-15)8-18-14-5-3-4-6-17-14/h7,10-11,14H,3-6,8-9H2,1-2H3/t10-,11+,14?/m0/s1. The fraction of sp³-hybridized carbons (Fsp3) is 0.800. The molecule has 0 saturated carbocycles. The van der Waals surface area contributed by atoms with Crippen molar-refractivity contribution in [3.63, 3.8) is 0 Å². The van der Waals surface area contributed by atoms with E-state index in [0.717, 1.165) is 31.4 Å². The number of ether oxygens (including phenoxy) is 3. The first-order valence-corrected chi connectivity index (χ1v) is 7.21. The average molecular weight is 266 g/mol. The van der Waals surface area contributed by atoms with E-state index in [-0.39, 0.29) is 29.5 Å². The van der Waals surface area contributed by atoms with Gasteiger partial charge in [0, 0.05) is 12.5 Å². The van der Waals surface area contributed by atoms with Gasteiger partial charge in [-0.05, 0) is 44.8 Å². The summed E-state index contributed by atoms with van der Waals surface area (Å²) >= 11 is 0. The van der Waals surface area contributed by atoms with Crippen molar-refractivity contribution in [2.75, 3.05) is 19.8 Å². The van der Waals surface area contributed by atoms with Crippen molar-refractivity contribution in [3.05, 3.63) is 11.6 Å². The molecule has 1 aliphatic carbocycles. The largest absolute Gasteiger partial charge is 0.371 e. The normalized spacial score (nSPS) is 37.3. The van der Waals surface area contributed by atoms with Crippen LogP contribution >= 0.6 is 0 Å². The summed E-state index contributed by atoms with van der Waals surface area (Å²) in [6, 6.07) is 0. The minimum absolute atomic E-state index is 0.0812. The molecule has 2 heterocycles. The van der Waals surface area contributed by atoms with E-state index < -0.39 is 0 Å². The van der Waals surface area contributed by atoms with Gasteiger partial charge in [-0.3, -0.25) is 4.79 Å². The second kappa shape index (κ2) is 5.00. The van der Waals surface area contributed by atoms with Gasteiger partial charge in [0.15, 0.2) is 12.1 Å². The molecule has 0 spiro atoms. The van der Waals surface area contributed by atoms with Crippen LogP contribution in [0.15, 0.2) is 11.6 Å². The van der Waals surface area contributed by atoms with Crippen molar-refractivity contribution in [3.8, 4) is 0 Å². The number of ketones is 1. The predicted molar refractivity (Wildman–Crippen MR) is 69.6 cm³/mol. The van der Waals surface area contributed by atoms with Crippen molar-refractivity contribution < 1.29 is 19.0 Å². The van der Waals surface area contributed by atoms with Crippen molar-refractivity contribution >= 4 is 5.78 Å². The molecule has 2 fully saturated rings. The SMILES string of the molecule is CC1(C)OC[C@@H]2C1=CC(=O)[C@@H]2COC1CCCCO1. The van der Waals surface area contributed by atoms with Crippen molar-refractivity contribution in [1.82, 2.24) is 0 Å². The molecule has 3 rings (SSSR count).